The van der Waals surface area contributed by atoms with Gasteiger partial charge in [-0.05, 0) is 48.4 Å². The molecule has 3 nitrogen and oxygen atoms in total. The molecule has 0 spiro atoms. The average molecular weight is 348 g/mol. The highest BCUT2D eigenvalue weighted by atomic mass is 79.9. The Bertz CT molecular complexity index is 579. The van der Waals surface area contributed by atoms with Gasteiger partial charge >= 0.3 is 0 Å². The van der Waals surface area contributed by atoms with Crippen LogP contribution in [0.4, 0.5) is 5.69 Å². The minimum atomic E-state index is -0.113. The smallest absolute Gasteiger partial charge is 0.255 e. The Hall–Kier alpha value is -1.81. The topological polar surface area (TPSA) is 38.3 Å². The Morgan fingerprint density at radius 3 is 2.33 bits per heavy atom. The van der Waals surface area contributed by atoms with Gasteiger partial charge in [0.25, 0.3) is 5.91 Å². The number of carbonyl (C=O) groups is 1. The first-order valence-electron chi connectivity index (χ1n) is 6.92. The fraction of sp³-hybridized carbons (Fsp3) is 0.235. The van der Waals surface area contributed by atoms with Crippen molar-refractivity contribution in [1.29, 1.82) is 0 Å². The summed E-state index contributed by atoms with van der Waals surface area (Å²) in [5.41, 5.74) is 2.54. The first-order valence-corrected chi connectivity index (χ1v) is 8.04. The Labute approximate surface area is 133 Å². The van der Waals surface area contributed by atoms with E-state index < -0.39 is 0 Å². The second kappa shape index (κ2) is 7.84. The summed E-state index contributed by atoms with van der Waals surface area (Å²) in [6.07, 6.45) is 0.975. The van der Waals surface area contributed by atoms with E-state index in [0.29, 0.717) is 12.2 Å². The van der Waals surface area contributed by atoms with Gasteiger partial charge < -0.3 is 10.1 Å². The number of ether oxygens (including phenoxy) is 1. The predicted octanol–water partition coefficient (Wildman–Crippen LogP) is 4.62. The summed E-state index contributed by atoms with van der Waals surface area (Å²) in [4.78, 5) is 12.1. The van der Waals surface area contributed by atoms with Crippen LogP contribution in [0.15, 0.2) is 48.5 Å². The normalized spacial score (nSPS) is 10.2. The molecule has 0 aliphatic rings. The summed E-state index contributed by atoms with van der Waals surface area (Å²) in [5.74, 6) is 0.704. The molecule has 4 heteroatoms. The molecule has 1 N–H and O–H groups in total. The molecule has 110 valence electrons. The highest BCUT2D eigenvalue weighted by molar-refractivity contribution is 9.08. The molecule has 2 aromatic carbocycles. The van der Waals surface area contributed by atoms with Gasteiger partial charge in [0.15, 0.2) is 0 Å². The Morgan fingerprint density at radius 1 is 1.10 bits per heavy atom. The predicted molar refractivity (Wildman–Crippen MR) is 89.3 cm³/mol. The standard InChI is InChI=1S/C17H18BrNO2/c1-2-11-21-16-9-7-15(8-10-16)19-17(20)14-5-3-13(12-18)4-6-14/h3-10H,2,11-12H2,1H3,(H,19,20). The number of halogens is 1. The highest BCUT2D eigenvalue weighted by Gasteiger charge is 2.06. The van der Waals surface area contributed by atoms with Crippen molar-refractivity contribution in [3.05, 3.63) is 59.7 Å². The minimum Gasteiger partial charge on any atom is -0.494 e. The van der Waals surface area contributed by atoms with Crippen LogP contribution in [0.25, 0.3) is 0 Å². The third-order valence-corrected chi connectivity index (χ3v) is 3.60. The summed E-state index contributed by atoms with van der Waals surface area (Å²) in [7, 11) is 0. The molecular weight excluding hydrogens is 330 g/mol. The summed E-state index contributed by atoms with van der Waals surface area (Å²) >= 11 is 3.39. The van der Waals surface area contributed by atoms with Crippen LogP contribution in [-0.4, -0.2) is 12.5 Å². The van der Waals surface area contributed by atoms with Crippen LogP contribution < -0.4 is 10.1 Å². The fourth-order valence-electron chi connectivity index (χ4n) is 1.80. The van der Waals surface area contributed by atoms with Crippen molar-refractivity contribution in [3.63, 3.8) is 0 Å². The zero-order chi connectivity index (χ0) is 15.1. The molecule has 2 aromatic rings. The number of carbonyl (C=O) groups excluding carboxylic acids is 1. The van der Waals surface area contributed by atoms with Crippen molar-refractivity contribution >= 4 is 27.5 Å². The van der Waals surface area contributed by atoms with Gasteiger partial charge in [0, 0.05) is 16.6 Å². The van der Waals surface area contributed by atoms with Crippen LogP contribution in [0.1, 0.15) is 29.3 Å². The molecule has 0 aliphatic carbocycles. The third kappa shape index (κ3) is 4.60. The maximum Gasteiger partial charge on any atom is 0.255 e. The first-order chi connectivity index (χ1) is 10.2. The number of amides is 1. The van der Waals surface area contributed by atoms with Crippen molar-refractivity contribution in [2.45, 2.75) is 18.7 Å². The van der Waals surface area contributed by atoms with Gasteiger partial charge in [0.2, 0.25) is 0 Å². The van der Waals surface area contributed by atoms with E-state index in [1.165, 1.54) is 0 Å². The van der Waals surface area contributed by atoms with Gasteiger partial charge in [0.1, 0.15) is 5.75 Å². The van der Waals surface area contributed by atoms with Gasteiger partial charge in [-0.3, -0.25) is 4.79 Å². The van der Waals surface area contributed by atoms with Crippen LogP contribution >= 0.6 is 15.9 Å². The maximum atomic E-state index is 12.1. The number of hydrogen-bond acceptors (Lipinski definition) is 2. The lowest BCUT2D eigenvalue weighted by molar-refractivity contribution is 0.102. The van der Waals surface area contributed by atoms with Crippen LogP contribution in [0.3, 0.4) is 0 Å². The lowest BCUT2D eigenvalue weighted by atomic mass is 10.1. The molecule has 0 bridgehead atoms. The van der Waals surface area contributed by atoms with E-state index in [2.05, 4.69) is 28.2 Å². The van der Waals surface area contributed by atoms with Crippen molar-refractivity contribution < 1.29 is 9.53 Å². The average Bonchev–Trinajstić information content (AvgIpc) is 2.54. The molecule has 0 aliphatic heterocycles. The Morgan fingerprint density at radius 2 is 1.76 bits per heavy atom. The maximum absolute atomic E-state index is 12.1. The van der Waals surface area contributed by atoms with E-state index in [0.717, 1.165) is 28.8 Å². The molecule has 0 saturated heterocycles. The zero-order valence-electron chi connectivity index (χ0n) is 11.9. The lowest BCUT2D eigenvalue weighted by Crippen LogP contribution is -2.11. The summed E-state index contributed by atoms with van der Waals surface area (Å²) < 4.78 is 5.51. The molecule has 21 heavy (non-hydrogen) atoms. The Kier molecular flexibility index (Phi) is 5.81. The van der Waals surface area contributed by atoms with Crippen LogP contribution in [0.2, 0.25) is 0 Å². The third-order valence-electron chi connectivity index (χ3n) is 2.96. The molecule has 0 fully saturated rings. The number of benzene rings is 2. The Balaban J connectivity index is 1.98. The molecular formula is C17H18BrNO2. The zero-order valence-corrected chi connectivity index (χ0v) is 13.5. The van der Waals surface area contributed by atoms with Crippen LogP contribution in [-0.2, 0) is 5.33 Å². The molecule has 0 saturated carbocycles. The van der Waals surface area contributed by atoms with Crippen molar-refractivity contribution in [2.24, 2.45) is 0 Å². The van der Waals surface area contributed by atoms with Gasteiger partial charge in [-0.2, -0.15) is 0 Å². The van der Waals surface area contributed by atoms with Crippen molar-refractivity contribution in [1.82, 2.24) is 0 Å². The molecule has 0 atom stereocenters. The van der Waals surface area contributed by atoms with E-state index in [9.17, 15) is 4.79 Å². The molecule has 0 radical (unpaired) electrons. The van der Waals surface area contributed by atoms with Gasteiger partial charge in [-0.15, -0.1) is 0 Å². The minimum absolute atomic E-state index is 0.113. The monoisotopic (exact) mass is 347 g/mol. The van der Waals surface area contributed by atoms with Crippen LogP contribution in [0, 0.1) is 0 Å². The van der Waals surface area contributed by atoms with E-state index in [4.69, 9.17) is 4.74 Å². The van der Waals surface area contributed by atoms with E-state index in [1.807, 2.05) is 48.5 Å². The van der Waals surface area contributed by atoms with Gasteiger partial charge in [0.05, 0.1) is 6.61 Å². The second-order valence-electron chi connectivity index (χ2n) is 4.66. The van der Waals surface area contributed by atoms with Crippen LogP contribution in [0.5, 0.6) is 5.75 Å². The largest absolute Gasteiger partial charge is 0.494 e. The summed E-state index contributed by atoms with van der Waals surface area (Å²) in [5, 5.41) is 3.66. The van der Waals surface area contributed by atoms with Gasteiger partial charge in [-0.1, -0.05) is 35.0 Å². The molecule has 0 aromatic heterocycles. The second-order valence-corrected chi connectivity index (χ2v) is 5.22. The number of anilines is 1. The molecule has 2 rings (SSSR count). The highest BCUT2D eigenvalue weighted by Crippen LogP contribution is 2.17. The summed E-state index contributed by atoms with van der Waals surface area (Å²) in [6, 6.07) is 14.9. The van der Waals surface area contributed by atoms with Gasteiger partial charge in [-0.25, -0.2) is 0 Å². The van der Waals surface area contributed by atoms with E-state index >= 15 is 0 Å². The van der Waals surface area contributed by atoms with E-state index in [-0.39, 0.29) is 5.91 Å². The molecule has 1 amide bonds. The van der Waals surface area contributed by atoms with Crippen molar-refractivity contribution in [3.8, 4) is 5.75 Å². The molecule has 0 unspecified atom stereocenters. The quantitative estimate of drug-likeness (QED) is 0.774. The molecule has 0 heterocycles. The number of alkyl halides is 1. The van der Waals surface area contributed by atoms with Crippen molar-refractivity contribution in [2.75, 3.05) is 11.9 Å². The number of rotatable bonds is 6. The number of hydrogen-bond donors (Lipinski definition) is 1. The lowest BCUT2D eigenvalue weighted by Gasteiger charge is -2.08. The summed E-state index contributed by atoms with van der Waals surface area (Å²) in [6.45, 7) is 2.76. The fourth-order valence-corrected chi connectivity index (χ4v) is 2.18. The number of nitrogens with one attached hydrogen (secondary N) is 1. The van der Waals surface area contributed by atoms with E-state index in [1.54, 1.807) is 0 Å². The first kappa shape index (κ1) is 15.6. The SMILES string of the molecule is CCCOc1ccc(NC(=O)c2ccc(CBr)cc2)cc1.